The van der Waals surface area contributed by atoms with Crippen LogP contribution >= 0.6 is 11.6 Å². The molecule has 114 valence electrons. The van der Waals surface area contributed by atoms with Crippen LogP contribution in [0.25, 0.3) is 0 Å². The van der Waals surface area contributed by atoms with E-state index in [9.17, 15) is 14.9 Å². The van der Waals surface area contributed by atoms with Gasteiger partial charge in [0.2, 0.25) is 5.91 Å². The van der Waals surface area contributed by atoms with E-state index in [-0.39, 0.29) is 16.6 Å². The molecule has 1 saturated heterocycles. The molecule has 0 saturated carbocycles. The lowest BCUT2D eigenvalue weighted by Gasteiger charge is -2.22. The molecule has 1 amide bonds. The van der Waals surface area contributed by atoms with Gasteiger partial charge in [0.15, 0.2) is 0 Å². The third-order valence-electron chi connectivity index (χ3n) is 3.64. The van der Waals surface area contributed by atoms with Gasteiger partial charge in [0.1, 0.15) is 5.02 Å². The Bertz CT molecular complexity index is 557. The molecule has 1 fully saturated rings. The van der Waals surface area contributed by atoms with Crippen molar-refractivity contribution in [2.24, 2.45) is 5.92 Å². The third-order valence-corrected chi connectivity index (χ3v) is 3.94. The normalized spacial score (nSPS) is 18.3. The van der Waals surface area contributed by atoms with Crippen LogP contribution in [0.15, 0.2) is 12.1 Å². The van der Waals surface area contributed by atoms with Gasteiger partial charge in [-0.15, -0.1) is 0 Å². The molecule has 6 nitrogen and oxygen atoms in total. The van der Waals surface area contributed by atoms with Crippen LogP contribution in [0.5, 0.6) is 0 Å². The van der Waals surface area contributed by atoms with Crippen molar-refractivity contribution in [1.82, 2.24) is 5.32 Å². The molecule has 1 heterocycles. The first kappa shape index (κ1) is 15.7. The number of halogens is 1. The minimum absolute atomic E-state index is 0.0280. The van der Waals surface area contributed by atoms with Gasteiger partial charge >= 0.3 is 0 Å². The van der Waals surface area contributed by atoms with E-state index in [0.29, 0.717) is 23.6 Å². The van der Waals surface area contributed by atoms with Crippen LogP contribution in [0.4, 0.5) is 11.4 Å². The lowest BCUT2D eigenvalue weighted by Crippen LogP contribution is -2.32. The zero-order chi connectivity index (χ0) is 15.4. The Morgan fingerprint density at radius 3 is 2.95 bits per heavy atom. The van der Waals surface area contributed by atoms with E-state index in [4.69, 9.17) is 11.6 Å². The number of carbonyl (C=O) groups excluding carboxylic acids is 1. The summed E-state index contributed by atoms with van der Waals surface area (Å²) < 4.78 is 0. The van der Waals surface area contributed by atoms with Crippen LogP contribution in [0, 0.1) is 23.0 Å². The quantitative estimate of drug-likeness (QED) is 0.661. The number of amides is 1. The molecule has 1 aliphatic heterocycles. The molecule has 21 heavy (non-hydrogen) atoms. The molecule has 0 aromatic heterocycles. The smallest absolute Gasteiger partial charge is 0.288 e. The molecule has 1 atom stereocenters. The predicted octanol–water partition coefficient (Wildman–Crippen LogP) is 2.88. The topological polar surface area (TPSA) is 84.3 Å². The van der Waals surface area contributed by atoms with Crippen LogP contribution in [-0.2, 0) is 4.79 Å². The predicted molar refractivity (Wildman–Crippen MR) is 81.7 cm³/mol. The number of nitrogens with one attached hydrogen (secondary N) is 2. The molecule has 1 aromatic carbocycles. The molecule has 0 bridgehead atoms. The first-order valence-electron chi connectivity index (χ1n) is 6.92. The fourth-order valence-electron chi connectivity index (χ4n) is 2.50. The number of carbonyl (C=O) groups is 1. The maximum atomic E-state index is 12.0. The minimum atomic E-state index is -0.533. The zero-order valence-electron chi connectivity index (χ0n) is 11.8. The number of nitrogens with zero attached hydrogens (tertiary/aromatic N) is 1. The SMILES string of the molecule is Cc1cc([N+](=O)[O-])c(Cl)cc1NC(=O)CC1CCCNC1. The van der Waals surface area contributed by atoms with E-state index in [2.05, 4.69) is 10.6 Å². The van der Waals surface area contributed by atoms with Gasteiger partial charge < -0.3 is 10.6 Å². The molecule has 0 aliphatic carbocycles. The van der Waals surface area contributed by atoms with Gasteiger partial charge in [0.25, 0.3) is 5.69 Å². The summed E-state index contributed by atoms with van der Waals surface area (Å²) in [6.45, 7) is 3.57. The summed E-state index contributed by atoms with van der Waals surface area (Å²) in [5.74, 6) is 0.254. The van der Waals surface area contributed by atoms with Gasteiger partial charge in [0.05, 0.1) is 4.92 Å². The molecule has 1 aromatic rings. The standard InChI is InChI=1S/C14H18ClN3O3/c1-9-5-13(18(20)21)11(15)7-12(9)17-14(19)6-10-3-2-4-16-8-10/h5,7,10,16H,2-4,6,8H2,1H3,(H,17,19). The molecular formula is C14H18ClN3O3. The molecule has 7 heteroatoms. The number of nitro groups is 1. The van der Waals surface area contributed by atoms with Crippen molar-refractivity contribution in [2.75, 3.05) is 18.4 Å². The molecule has 0 spiro atoms. The van der Waals surface area contributed by atoms with E-state index in [1.165, 1.54) is 12.1 Å². The number of anilines is 1. The van der Waals surface area contributed by atoms with Crippen molar-refractivity contribution >= 4 is 28.9 Å². The van der Waals surface area contributed by atoms with Crippen LogP contribution in [0.1, 0.15) is 24.8 Å². The summed E-state index contributed by atoms with van der Waals surface area (Å²) in [7, 11) is 0. The second-order valence-electron chi connectivity index (χ2n) is 5.34. The Morgan fingerprint density at radius 2 is 2.33 bits per heavy atom. The van der Waals surface area contributed by atoms with Gasteiger partial charge in [-0.3, -0.25) is 14.9 Å². The Kier molecular flexibility index (Phi) is 5.14. The van der Waals surface area contributed by atoms with Crippen molar-refractivity contribution < 1.29 is 9.72 Å². The Hall–Kier alpha value is -1.66. The average Bonchev–Trinajstić information content (AvgIpc) is 2.43. The van der Waals surface area contributed by atoms with E-state index in [1.54, 1.807) is 6.92 Å². The number of hydrogen-bond donors (Lipinski definition) is 2. The van der Waals surface area contributed by atoms with Gasteiger partial charge in [-0.2, -0.15) is 0 Å². The maximum absolute atomic E-state index is 12.0. The van der Waals surface area contributed by atoms with Gasteiger partial charge in [-0.1, -0.05) is 11.6 Å². The lowest BCUT2D eigenvalue weighted by atomic mass is 9.96. The maximum Gasteiger partial charge on any atom is 0.288 e. The van der Waals surface area contributed by atoms with Crippen molar-refractivity contribution in [2.45, 2.75) is 26.2 Å². The highest BCUT2D eigenvalue weighted by Gasteiger charge is 2.19. The van der Waals surface area contributed by atoms with Gasteiger partial charge in [-0.25, -0.2) is 0 Å². The number of aryl methyl sites for hydroxylation is 1. The highest BCUT2D eigenvalue weighted by molar-refractivity contribution is 6.33. The van der Waals surface area contributed by atoms with E-state index in [0.717, 1.165) is 25.9 Å². The number of hydrogen-bond acceptors (Lipinski definition) is 4. The van der Waals surface area contributed by atoms with Gasteiger partial charge in [-0.05, 0) is 50.4 Å². The summed E-state index contributed by atoms with van der Waals surface area (Å²) in [6.07, 6.45) is 2.57. The second-order valence-corrected chi connectivity index (χ2v) is 5.75. The largest absolute Gasteiger partial charge is 0.326 e. The van der Waals surface area contributed by atoms with Crippen LogP contribution in [0.3, 0.4) is 0 Å². The van der Waals surface area contributed by atoms with Crippen molar-refractivity contribution in [1.29, 1.82) is 0 Å². The van der Waals surface area contributed by atoms with Crippen LogP contribution in [-0.4, -0.2) is 23.9 Å². The van der Waals surface area contributed by atoms with Gasteiger partial charge in [0, 0.05) is 18.2 Å². The summed E-state index contributed by atoms with van der Waals surface area (Å²) in [5.41, 5.74) is 1.00. The van der Waals surface area contributed by atoms with E-state index >= 15 is 0 Å². The summed E-state index contributed by atoms with van der Waals surface area (Å²) >= 11 is 5.87. The number of piperidine rings is 1. The summed E-state index contributed by atoms with van der Waals surface area (Å²) in [4.78, 5) is 22.3. The number of benzene rings is 1. The first-order chi connectivity index (χ1) is 9.97. The Labute approximate surface area is 128 Å². The summed E-state index contributed by atoms with van der Waals surface area (Å²) in [5, 5.41) is 16.9. The fraction of sp³-hybridized carbons (Fsp3) is 0.500. The third kappa shape index (κ3) is 4.15. The molecule has 2 N–H and O–H groups in total. The van der Waals surface area contributed by atoms with Crippen LogP contribution < -0.4 is 10.6 Å². The lowest BCUT2D eigenvalue weighted by molar-refractivity contribution is -0.384. The highest BCUT2D eigenvalue weighted by atomic mass is 35.5. The zero-order valence-corrected chi connectivity index (χ0v) is 12.6. The second kappa shape index (κ2) is 6.87. The van der Waals surface area contributed by atoms with Crippen molar-refractivity contribution in [3.05, 3.63) is 32.8 Å². The molecule has 1 aliphatic rings. The molecule has 1 unspecified atom stereocenters. The minimum Gasteiger partial charge on any atom is -0.326 e. The van der Waals surface area contributed by atoms with Crippen molar-refractivity contribution in [3.63, 3.8) is 0 Å². The van der Waals surface area contributed by atoms with Crippen molar-refractivity contribution in [3.8, 4) is 0 Å². The first-order valence-corrected chi connectivity index (χ1v) is 7.30. The number of nitro benzene ring substituents is 1. The fourth-order valence-corrected chi connectivity index (χ4v) is 2.74. The average molecular weight is 312 g/mol. The monoisotopic (exact) mass is 311 g/mol. The van der Waals surface area contributed by atoms with E-state index < -0.39 is 4.92 Å². The highest BCUT2D eigenvalue weighted by Crippen LogP contribution is 2.30. The summed E-state index contributed by atoms with van der Waals surface area (Å²) in [6, 6.07) is 2.81. The number of rotatable bonds is 4. The molecule has 0 radical (unpaired) electrons. The molecular weight excluding hydrogens is 294 g/mol. The van der Waals surface area contributed by atoms with E-state index in [1.807, 2.05) is 0 Å². The Morgan fingerprint density at radius 1 is 1.57 bits per heavy atom. The molecule has 2 rings (SSSR count). The Balaban J connectivity index is 2.03. The van der Waals surface area contributed by atoms with Crippen LogP contribution in [0.2, 0.25) is 5.02 Å².